The van der Waals surface area contributed by atoms with Gasteiger partial charge in [-0.2, -0.15) is 0 Å². The Hall–Kier alpha value is -1.85. The minimum Gasteiger partial charge on any atom is -0.370 e. The third-order valence-corrected chi connectivity index (χ3v) is 2.02. The van der Waals surface area contributed by atoms with Crippen molar-refractivity contribution in [2.45, 2.75) is 13.3 Å². The van der Waals surface area contributed by atoms with E-state index in [0.29, 0.717) is 11.6 Å². The highest BCUT2D eigenvalue weighted by Gasteiger charge is 2.11. The third-order valence-electron chi connectivity index (χ3n) is 2.02. The summed E-state index contributed by atoms with van der Waals surface area (Å²) in [5.41, 5.74) is 0.0531. The van der Waals surface area contributed by atoms with E-state index in [-0.39, 0.29) is 5.69 Å². The van der Waals surface area contributed by atoms with E-state index < -0.39 is 4.92 Å². The third kappa shape index (κ3) is 3.08. The van der Waals surface area contributed by atoms with E-state index in [1.165, 1.54) is 12.1 Å². The first-order chi connectivity index (χ1) is 7.54. The number of anilines is 2. The van der Waals surface area contributed by atoms with Crippen LogP contribution in [0.4, 0.5) is 17.3 Å². The summed E-state index contributed by atoms with van der Waals surface area (Å²) in [5.74, 6) is 1.12. The Bertz CT molecular complexity index is 379. The maximum atomic E-state index is 10.7. The topological polar surface area (TPSA) is 71.3 Å². The van der Waals surface area contributed by atoms with Crippen LogP contribution in [0.3, 0.4) is 0 Å². The molecule has 1 heterocycles. The van der Waals surface area contributed by atoms with Crippen molar-refractivity contribution in [3.8, 4) is 0 Å². The van der Waals surface area contributed by atoms with E-state index in [1.807, 2.05) is 6.92 Å². The molecule has 0 saturated heterocycles. The van der Waals surface area contributed by atoms with Crippen molar-refractivity contribution in [2.24, 2.45) is 0 Å². The number of aromatic nitrogens is 1. The van der Waals surface area contributed by atoms with E-state index >= 15 is 0 Å². The van der Waals surface area contributed by atoms with Crippen LogP contribution in [0, 0.1) is 10.1 Å². The molecule has 0 unspecified atom stereocenters. The van der Waals surface area contributed by atoms with Gasteiger partial charge in [0.2, 0.25) is 0 Å². The lowest BCUT2D eigenvalue weighted by Gasteiger charge is -2.12. The van der Waals surface area contributed by atoms with Gasteiger partial charge in [0.05, 0.1) is 17.1 Å². The molecule has 0 aliphatic heterocycles. The van der Waals surface area contributed by atoms with Gasteiger partial charge in [-0.1, -0.05) is 6.92 Å². The number of rotatable bonds is 5. The molecule has 0 fully saturated rings. The molecule has 0 aliphatic rings. The van der Waals surface area contributed by atoms with Gasteiger partial charge in [0, 0.05) is 20.6 Å². The largest absolute Gasteiger partial charge is 0.370 e. The standard InChI is InChI=1S/C10H16N4O2/c1-4-5-11-9-6-8(14(15)16)7-10(12-9)13(2)3/h6-7H,4-5H2,1-3H3,(H,11,12). The first-order valence-electron chi connectivity index (χ1n) is 5.12. The lowest BCUT2D eigenvalue weighted by Crippen LogP contribution is -2.12. The highest BCUT2D eigenvalue weighted by atomic mass is 16.6. The molecule has 0 bridgehead atoms. The SMILES string of the molecule is CCCNc1cc([N+](=O)[O-])cc(N(C)C)n1. The molecule has 0 atom stereocenters. The smallest absolute Gasteiger partial charge is 0.276 e. The summed E-state index contributed by atoms with van der Waals surface area (Å²) in [6.07, 6.45) is 0.946. The zero-order valence-electron chi connectivity index (χ0n) is 9.73. The number of nitrogens with zero attached hydrogens (tertiary/aromatic N) is 3. The Morgan fingerprint density at radius 2 is 2.19 bits per heavy atom. The summed E-state index contributed by atoms with van der Waals surface area (Å²) in [6, 6.07) is 2.90. The van der Waals surface area contributed by atoms with E-state index in [9.17, 15) is 10.1 Å². The lowest BCUT2D eigenvalue weighted by atomic mass is 10.3. The van der Waals surface area contributed by atoms with Crippen LogP contribution in [0.2, 0.25) is 0 Å². The average molecular weight is 224 g/mol. The second-order valence-electron chi connectivity index (χ2n) is 3.65. The van der Waals surface area contributed by atoms with Gasteiger partial charge in [0.15, 0.2) is 0 Å². The molecule has 6 heteroatoms. The van der Waals surface area contributed by atoms with Gasteiger partial charge in [-0.05, 0) is 6.42 Å². The van der Waals surface area contributed by atoms with Gasteiger partial charge in [-0.3, -0.25) is 10.1 Å². The quantitative estimate of drug-likeness (QED) is 0.610. The summed E-state index contributed by atoms with van der Waals surface area (Å²) in [4.78, 5) is 16.3. The molecule has 1 aromatic heterocycles. The molecule has 16 heavy (non-hydrogen) atoms. The molecule has 88 valence electrons. The van der Waals surface area contributed by atoms with Crippen molar-refractivity contribution in [3.05, 3.63) is 22.2 Å². The van der Waals surface area contributed by atoms with E-state index in [1.54, 1.807) is 19.0 Å². The first-order valence-corrected chi connectivity index (χ1v) is 5.12. The predicted octanol–water partition coefficient (Wildman–Crippen LogP) is 1.88. The van der Waals surface area contributed by atoms with Crippen LogP contribution in [0.1, 0.15) is 13.3 Å². The van der Waals surface area contributed by atoms with Crippen LogP contribution in [0.15, 0.2) is 12.1 Å². The Labute approximate surface area is 94.4 Å². The van der Waals surface area contributed by atoms with Crippen LogP contribution >= 0.6 is 0 Å². The molecule has 0 spiro atoms. The number of hydrogen-bond acceptors (Lipinski definition) is 5. The monoisotopic (exact) mass is 224 g/mol. The van der Waals surface area contributed by atoms with Crippen molar-refractivity contribution in [2.75, 3.05) is 30.9 Å². The normalized spacial score (nSPS) is 9.94. The van der Waals surface area contributed by atoms with E-state index in [2.05, 4.69) is 10.3 Å². The summed E-state index contributed by atoms with van der Waals surface area (Å²) >= 11 is 0. The van der Waals surface area contributed by atoms with Gasteiger partial charge in [-0.15, -0.1) is 0 Å². The molecular formula is C10H16N4O2. The van der Waals surface area contributed by atoms with Crippen molar-refractivity contribution in [1.82, 2.24) is 4.98 Å². The lowest BCUT2D eigenvalue weighted by molar-refractivity contribution is -0.384. The van der Waals surface area contributed by atoms with E-state index in [0.717, 1.165) is 13.0 Å². The molecule has 0 aromatic carbocycles. The van der Waals surface area contributed by atoms with Crippen LogP contribution < -0.4 is 10.2 Å². The van der Waals surface area contributed by atoms with Gasteiger partial charge >= 0.3 is 0 Å². The summed E-state index contributed by atoms with van der Waals surface area (Å²) in [6.45, 7) is 2.78. The van der Waals surface area contributed by atoms with Crippen molar-refractivity contribution in [1.29, 1.82) is 0 Å². The van der Waals surface area contributed by atoms with Crippen molar-refractivity contribution in [3.63, 3.8) is 0 Å². The average Bonchev–Trinajstić information content (AvgIpc) is 2.25. The molecule has 1 N–H and O–H groups in total. The van der Waals surface area contributed by atoms with Gasteiger partial charge in [0.1, 0.15) is 11.6 Å². The highest BCUT2D eigenvalue weighted by molar-refractivity contribution is 5.55. The number of nitro groups is 1. The van der Waals surface area contributed by atoms with Crippen molar-refractivity contribution >= 4 is 17.3 Å². The molecule has 0 aliphatic carbocycles. The Morgan fingerprint density at radius 3 is 2.69 bits per heavy atom. The molecule has 1 aromatic rings. The highest BCUT2D eigenvalue weighted by Crippen LogP contribution is 2.21. The molecule has 0 radical (unpaired) electrons. The van der Waals surface area contributed by atoms with Gasteiger partial charge in [0.25, 0.3) is 5.69 Å². The molecule has 1 rings (SSSR count). The second-order valence-corrected chi connectivity index (χ2v) is 3.65. The fraction of sp³-hybridized carbons (Fsp3) is 0.500. The summed E-state index contributed by atoms with van der Waals surface area (Å²) in [7, 11) is 3.60. The summed E-state index contributed by atoms with van der Waals surface area (Å²) in [5, 5.41) is 13.8. The zero-order chi connectivity index (χ0) is 12.1. The Morgan fingerprint density at radius 1 is 1.50 bits per heavy atom. The summed E-state index contributed by atoms with van der Waals surface area (Å²) < 4.78 is 0. The van der Waals surface area contributed by atoms with Crippen LogP contribution in [-0.4, -0.2) is 30.5 Å². The molecule has 6 nitrogen and oxygen atoms in total. The predicted molar refractivity (Wildman–Crippen MR) is 64.0 cm³/mol. The van der Waals surface area contributed by atoms with Crippen LogP contribution in [-0.2, 0) is 0 Å². The minimum absolute atomic E-state index is 0.0531. The molecule has 0 saturated carbocycles. The molecular weight excluding hydrogens is 208 g/mol. The fourth-order valence-electron chi connectivity index (χ4n) is 1.18. The molecule has 0 amide bonds. The van der Waals surface area contributed by atoms with Gasteiger partial charge in [-0.25, -0.2) is 4.98 Å². The van der Waals surface area contributed by atoms with E-state index in [4.69, 9.17) is 0 Å². The Balaban J connectivity index is 3.03. The second kappa shape index (κ2) is 5.29. The zero-order valence-corrected chi connectivity index (χ0v) is 9.73. The Kier molecular flexibility index (Phi) is 4.04. The van der Waals surface area contributed by atoms with Crippen LogP contribution in [0.5, 0.6) is 0 Å². The maximum absolute atomic E-state index is 10.7. The number of pyridine rings is 1. The van der Waals surface area contributed by atoms with Crippen LogP contribution in [0.25, 0.3) is 0 Å². The minimum atomic E-state index is -0.411. The number of nitrogens with one attached hydrogen (secondary N) is 1. The fourth-order valence-corrected chi connectivity index (χ4v) is 1.18. The van der Waals surface area contributed by atoms with Crippen molar-refractivity contribution < 1.29 is 4.92 Å². The number of hydrogen-bond donors (Lipinski definition) is 1. The van der Waals surface area contributed by atoms with Gasteiger partial charge < -0.3 is 10.2 Å². The first kappa shape index (κ1) is 12.2. The maximum Gasteiger partial charge on any atom is 0.276 e.